The lowest BCUT2D eigenvalue weighted by atomic mass is 10.1. The van der Waals surface area contributed by atoms with E-state index in [2.05, 4.69) is 10.9 Å². The van der Waals surface area contributed by atoms with Crippen molar-refractivity contribution in [3.63, 3.8) is 0 Å². The number of ether oxygens (including phenoxy) is 2. The molecule has 0 aromatic heterocycles. The lowest BCUT2D eigenvalue weighted by Gasteiger charge is -2.23. The monoisotopic (exact) mass is 270 g/mol. The number of rotatable bonds is 5. The second-order valence-corrected chi connectivity index (χ2v) is 5.22. The molecule has 1 aliphatic carbocycles. The van der Waals surface area contributed by atoms with E-state index in [1.54, 1.807) is 6.92 Å². The number of hydrogen-bond donors (Lipinski definition) is 2. The summed E-state index contributed by atoms with van der Waals surface area (Å²) in [6, 6.07) is 0. The number of amides is 2. The summed E-state index contributed by atoms with van der Waals surface area (Å²) in [4.78, 5) is 23.0. The van der Waals surface area contributed by atoms with Crippen molar-refractivity contribution in [1.29, 1.82) is 0 Å². The molecule has 0 aromatic carbocycles. The predicted octanol–water partition coefficient (Wildman–Crippen LogP) is 0.518. The molecule has 1 saturated carbocycles. The minimum absolute atomic E-state index is 0.0761. The van der Waals surface area contributed by atoms with Crippen LogP contribution in [0, 0.1) is 5.92 Å². The lowest BCUT2D eigenvalue weighted by molar-refractivity contribution is -0.139. The number of hydrogen-bond acceptors (Lipinski definition) is 4. The van der Waals surface area contributed by atoms with Gasteiger partial charge in [0, 0.05) is 12.5 Å². The highest BCUT2D eigenvalue weighted by Gasteiger charge is 2.30. The topological polar surface area (TPSA) is 76.7 Å². The van der Waals surface area contributed by atoms with Gasteiger partial charge in [0.1, 0.15) is 6.10 Å². The highest BCUT2D eigenvalue weighted by atomic mass is 16.5. The zero-order valence-electron chi connectivity index (χ0n) is 11.3. The second-order valence-electron chi connectivity index (χ2n) is 5.22. The van der Waals surface area contributed by atoms with Gasteiger partial charge in [-0.25, -0.2) is 0 Å². The number of carbonyl (C=O) groups excluding carboxylic acids is 2. The quantitative estimate of drug-likeness (QED) is 0.714. The first-order chi connectivity index (χ1) is 9.16. The molecule has 19 heavy (non-hydrogen) atoms. The first-order valence-electron chi connectivity index (χ1n) is 6.99. The van der Waals surface area contributed by atoms with Crippen LogP contribution in [-0.4, -0.2) is 37.2 Å². The standard InChI is InChI=1S/C13H22N2O4/c1-9(19-8-11-4-2-3-7-18-11)12(16)14-15-13(17)10-5-6-10/h9-11H,2-8H2,1H3,(H,14,16)(H,15,17)/t9-,11-/m0/s1. The van der Waals surface area contributed by atoms with E-state index in [-0.39, 0.29) is 23.8 Å². The largest absolute Gasteiger partial charge is 0.376 e. The molecule has 0 aromatic rings. The Kier molecular flexibility index (Phi) is 5.15. The lowest BCUT2D eigenvalue weighted by Crippen LogP contribution is -2.47. The van der Waals surface area contributed by atoms with Crippen molar-refractivity contribution in [3.05, 3.63) is 0 Å². The maximum atomic E-state index is 11.7. The van der Waals surface area contributed by atoms with Gasteiger partial charge in [-0.1, -0.05) is 0 Å². The normalized spacial score (nSPS) is 24.6. The molecule has 1 heterocycles. The van der Waals surface area contributed by atoms with Crippen molar-refractivity contribution in [1.82, 2.24) is 10.9 Å². The predicted molar refractivity (Wildman–Crippen MR) is 68.0 cm³/mol. The highest BCUT2D eigenvalue weighted by molar-refractivity contribution is 5.86. The first kappa shape index (κ1) is 14.3. The summed E-state index contributed by atoms with van der Waals surface area (Å²) in [6.07, 6.45) is 4.54. The SMILES string of the molecule is C[C@H](OC[C@@H]1CCCCO1)C(=O)NNC(=O)C1CC1. The molecular formula is C13H22N2O4. The molecule has 2 N–H and O–H groups in total. The average Bonchev–Trinajstić information content (AvgIpc) is 3.27. The average molecular weight is 270 g/mol. The second kappa shape index (κ2) is 6.86. The third-order valence-corrected chi connectivity index (χ3v) is 3.43. The molecule has 1 saturated heterocycles. The Morgan fingerprint density at radius 3 is 2.68 bits per heavy atom. The smallest absolute Gasteiger partial charge is 0.267 e. The maximum Gasteiger partial charge on any atom is 0.267 e. The zero-order chi connectivity index (χ0) is 13.7. The molecule has 0 unspecified atom stereocenters. The molecule has 0 bridgehead atoms. The van der Waals surface area contributed by atoms with Gasteiger partial charge >= 0.3 is 0 Å². The third kappa shape index (κ3) is 4.80. The van der Waals surface area contributed by atoms with E-state index in [1.165, 1.54) is 0 Å². The molecule has 2 aliphatic rings. The van der Waals surface area contributed by atoms with Gasteiger partial charge in [-0.2, -0.15) is 0 Å². The number of nitrogens with one attached hydrogen (secondary N) is 2. The van der Waals surface area contributed by atoms with Gasteiger partial charge in [0.25, 0.3) is 5.91 Å². The summed E-state index contributed by atoms with van der Waals surface area (Å²) in [7, 11) is 0. The molecule has 0 spiro atoms. The molecule has 2 rings (SSSR count). The maximum absolute atomic E-state index is 11.7. The number of hydrazine groups is 1. The van der Waals surface area contributed by atoms with Crippen LogP contribution in [0.4, 0.5) is 0 Å². The van der Waals surface area contributed by atoms with E-state index in [0.29, 0.717) is 6.61 Å². The Morgan fingerprint density at radius 1 is 1.26 bits per heavy atom. The molecule has 108 valence electrons. The van der Waals surface area contributed by atoms with E-state index in [9.17, 15) is 9.59 Å². The summed E-state index contributed by atoms with van der Waals surface area (Å²) in [5.74, 6) is -0.367. The molecular weight excluding hydrogens is 248 g/mol. The summed E-state index contributed by atoms with van der Waals surface area (Å²) in [6.45, 7) is 2.86. The van der Waals surface area contributed by atoms with E-state index >= 15 is 0 Å². The molecule has 2 amide bonds. The van der Waals surface area contributed by atoms with Gasteiger partial charge < -0.3 is 9.47 Å². The Hall–Kier alpha value is -1.14. The fraction of sp³-hybridized carbons (Fsp3) is 0.846. The molecule has 6 heteroatoms. The minimum Gasteiger partial charge on any atom is -0.376 e. The molecule has 2 atom stereocenters. The van der Waals surface area contributed by atoms with Crippen molar-refractivity contribution in [3.8, 4) is 0 Å². The van der Waals surface area contributed by atoms with Crippen LogP contribution >= 0.6 is 0 Å². The minimum atomic E-state index is -0.593. The zero-order valence-corrected chi connectivity index (χ0v) is 11.3. The summed E-state index contributed by atoms with van der Waals surface area (Å²) in [5.41, 5.74) is 4.80. The van der Waals surface area contributed by atoms with E-state index in [1.807, 2.05) is 0 Å². The summed E-state index contributed by atoms with van der Waals surface area (Å²) >= 11 is 0. The molecule has 0 radical (unpaired) electrons. The van der Waals surface area contributed by atoms with Gasteiger partial charge in [0.05, 0.1) is 12.7 Å². The fourth-order valence-corrected chi connectivity index (χ4v) is 1.94. The van der Waals surface area contributed by atoms with Crippen molar-refractivity contribution in [2.45, 2.75) is 51.2 Å². The molecule has 6 nitrogen and oxygen atoms in total. The van der Waals surface area contributed by atoms with E-state index in [0.717, 1.165) is 38.7 Å². The van der Waals surface area contributed by atoms with Crippen LogP contribution in [0.1, 0.15) is 39.0 Å². The van der Waals surface area contributed by atoms with Crippen LogP contribution in [0.5, 0.6) is 0 Å². The van der Waals surface area contributed by atoms with Crippen LogP contribution in [0.3, 0.4) is 0 Å². The third-order valence-electron chi connectivity index (χ3n) is 3.43. The van der Waals surface area contributed by atoms with Crippen molar-refractivity contribution in [2.75, 3.05) is 13.2 Å². The van der Waals surface area contributed by atoms with Crippen LogP contribution in [-0.2, 0) is 19.1 Å². The molecule has 1 aliphatic heterocycles. The van der Waals surface area contributed by atoms with Gasteiger partial charge in [0.15, 0.2) is 0 Å². The van der Waals surface area contributed by atoms with Crippen molar-refractivity contribution >= 4 is 11.8 Å². The van der Waals surface area contributed by atoms with Crippen molar-refractivity contribution in [2.24, 2.45) is 5.92 Å². The van der Waals surface area contributed by atoms with Crippen LogP contribution in [0.2, 0.25) is 0 Å². The van der Waals surface area contributed by atoms with Crippen LogP contribution < -0.4 is 10.9 Å². The summed E-state index contributed by atoms with van der Waals surface area (Å²) < 4.78 is 11.0. The Balaban J connectivity index is 1.59. The first-order valence-corrected chi connectivity index (χ1v) is 6.99. The van der Waals surface area contributed by atoms with Crippen LogP contribution in [0.15, 0.2) is 0 Å². The number of carbonyl (C=O) groups is 2. The van der Waals surface area contributed by atoms with Crippen molar-refractivity contribution < 1.29 is 19.1 Å². The van der Waals surface area contributed by atoms with E-state index in [4.69, 9.17) is 9.47 Å². The Labute approximate surface area is 113 Å². The Bertz CT molecular complexity index is 325. The van der Waals surface area contributed by atoms with Gasteiger partial charge in [-0.15, -0.1) is 0 Å². The van der Waals surface area contributed by atoms with E-state index < -0.39 is 6.10 Å². The van der Waals surface area contributed by atoms with Gasteiger partial charge in [-0.05, 0) is 39.0 Å². The summed E-state index contributed by atoms with van der Waals surface area (Å²) in [5, 5.41) is 0. The fourth-order valence-electron chi connectivity index (χ4n) is 1.94. The van der Waals surface area contributed by atoms with Gasteiger partial charge in [0.2, 0.25) is 5.91 Å². The van der Waals surface area contributed by atoms with Gasteiger partial charge in [-0.3, -0.25) is 20.4 Å². The van der Waals surface area contributed by atoms with Crippen LogP contribution in [0.25, 0.3) is 0 Å². The molecule has 2 fully saturated rings. The Morgan fingerprint density at radius 2 is 2.05 bits per heavy atom. The highest BCUT2D eigenvalue weighted by Crippen LogP contribution is 2.28.